The average Bonchev–Trinajstić information content (AvgIpc) is 2.97. The number of anilines is 4. The van der Waals surface area contributed by atoms with Crippen LogP contribution in [-0.4, -0.2) is 45.3 Å². The number of halogens is 3. The van der Waals surface area contributed by atoms with E-state index in [1.54, 1.807) is 38.1 Å². The van der Waals surface area contributed by atoms with Crippen molar-refractivity contribution in [2.45, 2.75) is 26.8 Å². The molecule has 0 saturated carbocycles. The van der Waals surface area contributed by atoms with E-state index in [9.17, 15) is 18.8 Å². The number of imide groups is 1. The number of amides is 4. The van der Waals surface area contributed by atoms with Crippen LogP contribution in [0.25, 0.3) is 0 Å². The number of carbonyl (C=O) groups excluding carboxylic acids is 3. The van der Waals surface area contributed by atoms with Gasteiger partial charge in [-0.05, 0) is 74.9 Å². The van der Waals surface area contributed by atoms with Crippen LogP contribution in [-0.2, 0) is 9.59 Å². The molecular weight excluding hydrogens is 594 g/mol. The second-order valence-corrected chi connectivity index (χ2v) is 10.6. The number of nitrogens with zero attached hydrogens (tertiary/aromatic N) is 4. The standard InChI is InChI=1S/C31H27ClF2N6O4/c1-17(2)39-16-23(30(42)40(31(39)43)21-8-5-19(33)6-9-21)29(41)36-20-7-10-25(24(34)14-20)44-22-12-13-35-27(15-22)37-26-11-4-18(3)28(32)38-26/h4-15,17,23H,16H2,1-3H3,(H,36,41)(H,35,37,38). The number of aryl methyl sites for hydroxylation is 1. The maximum Gasteiger partial charge on any atom is 0.331 e. The minimum atomic E-state index is -1.29. The summed E-state index contributed by atoms with van der Waals surface area (Å²) in [4.78, 5) is 50.3. The lowest BCUT2D eigenvalue weighted by Crippen LogP contribution is -2.61. The molecule has 44 heavy (non-hydrogen) atoms. The molecule has 1 fully saturated rings. The van der Waals surface area contributed by atoms with Crippen molar-refractivity contribution in [3.63, 3.8) is 0 Å². The third-order valence-corrected chi connectivity index (χ3v) is 7.19. The van der Waals surface area contributed by atoms with Crippen LogP contribution < -0.4 is 20.3 Å². The number of rotatable bonds is 8. The molecule has 2 N–H and O–H groups in total. The Morgan fingerprint density at radius 3 is 2.45 bits per heavy atom. The van der Waals surface area contributed by atoms with E-state index in [1.807, 2.05) is 6.92 Å². The van der Waals surface area contributed by atoms with Crippen molar-refractivity contribution in [1.29, 1.82) is 0 Å². The summed E-state index contributed by atoms with van der Waals surface area (Å²) in [5, 5.41) is 5.91. The minimum Gasteiger partial charge on any atom is -0.454 e. The SMILES string of the molecule is Cc1ccc(Nc2cc(Oc3ccc(NC(=O)C4CN(C(C)C)C(=O)N(c5ccc(F)cc5)C4=O)cc3F)ccn2)nc1Cl. The first kappa shape index (κ1) is 30.4. The van der Waals surface area contributed by atoms with Gasteiger partial charge in [-0.2, -0.15) is 0 Å². The highest BCUT2D eigenvalue weighted by atomic mass is 35.5. The molecule has 2 aromatic carbocycles. The summed E-state index contributed by atoms with van der Waals surface area (Å²) >= 11 is 6.08. The van der Waals surface area contributed by atoms with Crippen LogP contribution in [0.1, 0.15) is 19.4 Å². The molecule has 3 heterocycles. The van der Waals surface area contributed by atoms with Crippen molar-refractivity contribution in [2.24, 2.45) is 5.92 Å². The Morgan fingerprint density at radius 1 is 1.02 bits per heavy atom. The Kier molecular flexibility index (Phi) is 8.72. The molecule has 4 aromatic rings. The Bertz CT molecular complexity index is 1740. The number of urea groups is 1. The molecule has 10 nitrogen and oxygen atoms in total. The number of pyridine rings is 2. The van der Waals surface area contributed by atoms with Crippen molar-refractivity contribution in [1.82, 2.24) is 14.9 Å². The number of benzene rings is 2. The Morgan fingerprint density at radius 2 is 1.77 bits per heavy atom. The van der Waals surface area contributed by atoms with E-state index in [2.05, 4.69) is 20.6 Å². The van der Waals surface area contributed by atoms with Crippen molar-refractivity contribution in [2.75, 3.05) is 22.1 Å². The Hall–Kier alpha value is -5.10. The first-order valence-corrected chi connectivity index (χ1v) is 13.9. The van der Waals surface area contributed by atoms with Gasteiger partial charge >= 0.3 is 6.03 Å². The topological polar surface area (TPSA) is 117 Å². The third-order valence-electron chi connectivity index (χ3n) is 6.81. The van der Waals surface area contributed by atoms with E-state index in [1.165, 1.54) is 35.4 Å². The Balaban J connectivity index is 1.29. The average molecular weight is 621 g/mol. The zero-order valence-electron chi connectivity index (χ0n) is 23.8. The number of carbonyl (C=O) groups is 3. The normalized spacial score (nSPS) is 15.0. The molecule has 4 amide bonds. The Labute approximate surface area is 256 Å². The van der Waals surface area contributed by atoms with Gasteiger partial charge in [0.25, 0.3) is 0 Å². The van der Waals surface area contributed by atoms with E-state index in [0.29, 0.717) is 16.8 Å². The molecule has 1 aliphatic rings. The molecule has 5 rings (SSSR count). The molecule has 1 unspecified atom stereocenters. The summed E-state index contributed by atoms with van der Waals surface area (Å²) in [6.45, 7) is 5.15. The highest BCUT2D eigenvalue weighted by molar-refractivity contribution is 6.30. The van der Waals surface area contributed by atoms with Crippen molar-refractivity contribution in [3.8, 4) is 11.5 Å². The van der Waals surface area contributed by atoms with Crippen molar-refractivity contribution < 1.29 is 27.9 Å². The van der Waals surface area contributed by atoms with Crippen LogP contribution in [0.5, 0.6) is 11.5 Å². The van der Waals surface area contributed by atoms with Crippen LogP contribution in [0, 0.1) is 24.5 Å². The number of hydrogen-bond donors (Lipinski definition) is 2. The van der Waals surface area contributed by atoms with Gasteiger partial charge in [-0.25, -0.2) is 28.4 Å². The van der Waals surface area contributed by atoms with Gasteiger partial charge in [0, 0.05) is 36.6 Å². The van der Waals surface area contributed by atoms with Gasteiger partial charge in [-0.15, -0.1) is 0 Å². The van der Waals surface area contributed by atoms with Gasteiger partial charge in [0.15, 0.2) is 11.6 Å². The minimum absolute atomic E-state index is 0.0772. The molecule has 0 spiro atoms. The zero-order valence-corrected chi connectivity index (χ0v) is 24.6. The molecule has 2 aromatic heterocycles. The van der Waals surface area contributed by atoms with Crippen molar-refractivity contribution >= 4 is 52.5 Å². The second kappa shape index (κ2) is 12.6. The second-order valence-electron chi connectivity index (χ2n) is 10.3. The lowest BCUT2D eigenvalue weighted by Gasteiger charge is -2.39. The molecule has 0 bridgehead atoms. The van der Waals surface area contributed by atoms with Gasteiger partial charge in [0.2, 0.25) is 11.8 Å². The smallest absolute Gasteiger partial charge is 0.331 e. The largest absolute Gasteiger partial charge is 0.454 e. The maximum absolute atomic E-state index is 15.1. The molecule has 1 aliphatic heterocycles. The van der Waals surface area contributed by atoms with Gasteiger partial charge in [0.1, 0.15) is 34.3 Å². The van der Waals surface area contributed by atoms with Crippen LogP contribution >= 0.6 is 11.6 Å². The van der Waals surface area contributed by atoms with Crippen LogP contribution in [0.15, 0.2) is 72.9 Å². The van der Waals surface area contributed by atoms with Gasteiger partial charge in [-0.3, -0.25) is 9.59 Å². The molecule has 1 atom stereocenters. The highest BCUT2D eigenvalue weighted by Gasteiger charge is 2.44. The fourth-order valence-electron chi connectivity index (χ4n) is 4.45. The molecule has 0 aliphatic carbocycles. The molecule has 13 heteroatoms. The van der Waals surface area contributed by atoms with Crippen LogP contribution in [0.3, 0.4) is 0 Å². The van der Waals surface area contributed by atoms with Crippen LogP contribution in [0.2, 0.25) is 5.15 Å². The third kappa shape index (κ3) is 6.60. The summed E-state index contributed by atoms with van der Waals surface area (Å²) < 4.78 is 34.3. The number of hydrogen-bond acceptors (Lipinski definition) is 7. The molecule has 0 radical (unpaired) electrons. The van der Waals surface area contributed by atoms with Gasteiger partial charge in [-0.1, -0.05) is 17.7 Å². The quantitative estimate of drug-likeness (QED) is 0.167. The zero-order chi connectivity index (χ0) is 31.5. The molecular formula is C31H27ClF2N6O4. The van der Waals surface area contributed by atoms with Crippen molar-refractivity contribution in [3.05, 3.63) is 95.3 Å². The van der Waals surface area contributed by atoms with Crippen LogP contribution in [0.4, 0.5) is 36.6 Å². The fraction of sp³-hybridized carbons (Fsp3) is 0.194. The lowest BCUT2D eigenvalue weighted by molar-refractivity contribution is -0.132. The summed E-state index contributed by atoms with van der Waals surface area (Å²) in [5.74, 6) is -3.10. The molecule has 1 saturated heterocycles. The van der Waals surface area contributed by atoms with Gasteiger partial charge in [0.05, 0.1) is 5.69 Å². The van der Waals surface area contributed by atoms with Gasteiger partial charge < -0.3 is 20.3 Å². The summed E-state index contributed by atoms with van der Waals surface area (Å²) in [5.41, 5.74) is 1.03. The maximum atomic E-state index is 15.1. The number of ether oxygens (including phenoxy) is 1. The molecule has 226 valence electrons. The van der Waals surface area contributed by atoms with E-state index in [4.69, 9.17) is 16.3 Å². The van der Waals surface area contributed by atoms with E-state index >= 15 is 4.39 Å². The number of nitrogens with one attached hydrogen (secondary N) is 2. The van der Waals surface area contributed by atoms with E-state index in [-0.39, 0.29) is 35.5 Å². The highest BCUT2D eigenvalue weighted by Crippen LogP contribution is 2.30. The fourth-order valence-corrected chi connectivity index (χ4v) is 4.61. The predicted octanol–water partition coefficient (Wildman–Crippen LogP) is 6.68. The first-order valence-electron chi connectivity index (χ1n) is 13.5. The number of aromatic nitrogens is 2. The van der Waals surface area contributed by atoms with E-state index < -0.39 is 35.4 Å². The predicted molar refractivity (Wildman–Crippen MR) is 161 cm³/mol. The monoisotopic (exact) mass is 620 g/mol. The summed E-state index contributed by atoms with van der Waals surface area (Å²) in [6, 6.07) is 14.3. The summed E-state index contributed by atoms with van der Waals surface area (Å²) in [6.07, 6.45) is 1.47. The van der Waals surface area contributed by atoms with E-state index in [0.717, 1.165) is 28.7 Å². The lowest BCUT2D eigenvalue weighted by atomic mass is 10.0. The summed E-state index contributed by atoms with van der Waals surface area (Å²) in [7, 11) is 0. The first-order chi connectivity index (χ1) is 21.0.